The number of piperidine rings is 1. The van der Waals surface area contributed by atoms with Gasteiger partial charge in [0.15, 0.2) is 0 Å². The van der Waals surface area contributed by atoms with Gasteiger partial charge >= 0.3 is 5.97 Å². The Labute approximate surface area is 112 Å². The second kappa shape index (κ2) is 5.93. The average Bonchev–Trinajstić information content (AvgIpc) is 2.47. The lowest BCUT2D eigenvalue weighted by molar-refractivity contribution is 0.0597. The summed E-state index contributed by atoms with van der Waals surface area (Å²) in [6.07, 6.45) is 1.98. The van der Waals surface area contributed by atoms with Crippen LogP contribution in [0.2, 0.25) is 0 Å². The van der Waals surface area contributed by atoms with Crippen molar-refractivity contribution in [2.75, 3.05) is 27.3 Å². The third-order valence-corrected chi connectivity index (χ3v) is 3.53. The SMILES string of the molecule is COC(=O)c1cc(C2CCNCC2)c(OC)cc1O. The molecular formula is C14H19NO4. The van der Waals surface area contributed by atoms with Gasteiger partial charge in [-0.05, 0) is 43.5 Å². The van der Waals surface area contributed by atoms with Gasteiger partial charge in [0.2, 0.25) is 0 Å². The van der Waals surface area contributed by atoms with E-state index in [4.69, 9.17) is 4.74 Å². The standard InChI is InChI=1S/C14H19NO4/c1-18-13-8-12(16)11(14(17)19-2)7-10(13)9-3-5-15-6-4-9/h7-9,15-16H,3-6H2,1-2H3. The molecule has 104 valence electrons. The molecule has 0 unspecified atom stereocenters. The first-order valence-electron chi connectivity index (χ1n) is 6.37. The van der Waals surface area contributed by atoms with Gasteiger partial charge in [0.25, 0.3) is 0 Å². The van der Waals surface area contributed by atoms with Crippen LogP contribution in [0.3, 0.4) is 0 Å². The fourth-order valence-corrected chi connectivity index (χ4v) is 2.49. The van der Waals surface area contributed by atoms with Crippen LogP contribution in [-0.2, 0) is 4.74 Å². The first-order chi connectivity index (χ1) is 9.17. The minimum atomic E-state index is -0.532. The maximum atomic E-state index is 11.6. The Bertz CT molecular complexity index is 467. The average molecular weight is 265 g/mol. The van der Waals surface area contributed by atoms with Crippen molar-refractivity contribution in [1.82, 2.24) is 5.32 Å². The molecular weight excluding hydrogens is 246 g/mol. The molecule has 2 rings (SSSR count). The second-order valence-corrected chi connectivity index (χ2v) is 4.63. The van der Waals surface area contributed by atoms with Crippen molar-refractivity contribution in [3.8, 4) is 11.5 Å². The fourth-order valence-electron chi connectivity index (χ4n) is 2.49. The summed E-state index contributed by atoms with van der Waals surface area (Å²) in [5, 5.41) is 13.2. The third kappa shape index (κ3) is 2.81. The largest absolute Gasteiger partial charge is 0.507 e. The van der Waals surface area contributed by atoms with Crippen LogP contribution >= 0.6 is 0 Å². The van der Waals surface area contributed by atoms with Gasteiger partial charge < -0.3 is 19.9 Å². The highest BCUT2D eigenvalue weighted by molar-refractivity contribution is 5.93. The highest BCUT2D eigenvalue weighted by atomic mass is 16.5. The van der Waals surface area contributed by atoms with E-state index in [1.54, 1.807) is 13.2 Å². The number of rotatable bonds is 3. The quantitative estimate of drug-likeness (QED) is 0.813. The second-order valence-electron chi connectivity index (χ2n) is 4.63. The fraction of sp³-hybridized carbons (Fsp3) is 0.500. The molecule has 1 aromatic rings. The van der Waals surface area contributed by atoms with Gasteiger partial charge in [0, 0.05) is 6.07 Å². The zero-order chi connectivity index (χ0) is 13.8. The molecule has 1 saturated heterocycles. The van der Waals surface area contributed by atoms with Crippen molar-refractivity contribution >= 4 is 5.97 Å². The van der Waals surface area contributed by atoms with Crippen LogP contribution in [0.1, 0.15) is 34.7 Å². The summed E-state index contributed by atoms with van der Waals surface area (Å²) >= 11 is 0. The van der Waals surface area contributed by atoms with E-state index < -0.39 is 5.97 Å². The van der Waals surface area contributed by atoms with Crippen molar-refractivity contribution < 1.29 is 19.4 Å². The van der Waals surface area contributed by atoms with Crippen molar-refractivity contribution in [2.24, 2.45) is 0 Å². The van der Waals surface area contributed by atoms with Crippen LogP contribution in [0.4, 0.5) is 0 Å². The van der Waals surface area contributed by atoms with Gasteiger partial charge in [-0.1, -0.05) is 0 Å². The molecule has 0 atom stereocenters. The summed E-state index contributed by atoms with van der Waals surface area (Å²) in [6, 6.07) is 3.18. The molecule has 1 heterocycles. The van der Waals surface area contributed by atoms with Crippen molar-refractivity contribution in [3.05, 3.63) is 23.3 Å². The number of carbonyl (C=O) groups is 1. The minimum absolute atomic E-state index is 0.110. The van der Waals surface area contributed by atoms with Gasteiger partial charge in [-0.3, -0.25) is 0 Å². The first kappa shape index (κ1) is 13.7. The highest BCUT2D eigenvalue weighted by Gasteiger charge is 2.23. The number of nitrogens with one attached hydrogen (secondary N) is 1. The lowest BCUT2D eigenvalue weighted by Gasteiger charge is -2.25. The lowest BCUT2D eigenvalue weighted by atomic mass is 9.88. The molecule has 1 fully saturated rings. The number of methoxy groups -OCH3 is 2. The molecule has 0 aromatic heterocycles. The first-order valence-corrected chi connectivity index (χ1v) is 6.37. The van der Waals surface area contributed by atoms with Crippen LogP contribution in [0, 0.1) is 0 Å². The normalized spacial score (nSPS) is 16.1. The molecule has 0 bridgehead atoms. The lowest BCUT2D eigenvalue weighted by Crippen LogP contribution is -2.27. The number of ether oxygens (including phenoxy) is 2. The Kier molecular flexibility index (Phi) is 4.27. The van der Waals surface area contributed by atoms with Gasteiger partial charge in [-0.15, -0.1) is 0 Å². The number of hydrogen-bond donors (Lipinski definition) is 2. The Balaban J connectivity index is 2.41. The molecule has 0 spiro atoms. The molecule has 19 heavy (non-hydrogen) atoms. The maximum Gasteiger partial charge on any atom is 0.341 e. The van der Waals surface area contributed by atoms with Gasteiger partial charge in [0.1, 0.15) is 17.1 Å². The molecule has 2 N–H and O–H groups in total. The smallest absolute Gasteiger partial charge is 0.341 e. The topological polar surface area (TPSA) is 67.8 Å². The predicted molar refractivity (Wildman–Crippen MR) is 70.8 cm³/mol. The Hall–Kier alpha value is -1.75. The minimum Gasteiger partial charge on any atom is -0.507 e. The Morgan fingerprint density at radius 2 is 2.00 bits per heavy atom. The number of esters is 1. The number of phenols is 1. The zero-order valence-electron chi connectivity index (χ0n) is 11.2. The van der Waals surface area contributed by atoms with E-state index in [0.717, 1.165) is 31.5 Å². The summed E-state index contributed by atoms with van der Waals surface area (Å²) in [6.45, 7) is 1.89. The summed E-state index contributed by atoms with van der Waals surface area (Å²) < 4.78 is 10.00. The molecule has 0 aliphatic carbocycles. The number of phenolic OH excluding ortho intramolecular Hbond substituents is 1. The highest BCUT2D eigenvalue weighted by Crippen LogP contribution is 2.37. The van der Waals surface area contributed by atoms with Gasteiger partial charge in [0.05, 0.1) is 14.2 Å². The molecule has 1 aromatic carbocycles. The van der Waals surface area contributed by atoms with E-state index in [1.165, 1.54) is 13.2 Å². The summed E-state index contributed by atoms with van der Waals surface area (Å²) in [7, 11) is 2.87. The summed E-state index contributed by atoms with van der Waals surface area (Å²) in [5.74, 6) is 0.314. The predicted octanol–water partition coefficient (Wildman–Crippen LogP) is 1.65. The third-order valence-electron chi connectivity index (χ3n) is 3.53. The van der Waals surface area contributed by atoms with Crippen molar-refractivity contribution in [1.29, 1.82) is 0 Å². The summed E-state index contributed by atoms with van der Waals surface area (Å²) in [4.78, 5) is 11.6. The van der Waals surface area contributed by atoms with Crippen LogP contribution < -0.4 is 10.1 Å². The van der Waals surface area contributed by atoms with E-state index in [1.807, 2.05) is 0 Å². The Morgan fingerprint density at radius 1 is 1.32 bits per heavy atom. The van der Waals surface area contributed by atoms with E-state index >= 15 is 0 Å². The number of carbonyl (C=O) groups excluding carboxylic acids is 1. The van der Waals surface area contributed by atoms with E-state index in [9.17, 15) is 9.90 Å². The Morgan fingerprint density at radius 3 is 2.58 bits per heavy atom. The van der Waals surface area contributed by atoms with Gasteiger partial charge in [-0.25, -0.2) is 4.79 Å². The van der Waals surface area contributed by atoms with Gasteiger partial charge in [-0.2, -0.15) is 0 Å². The number of benzene rings is 1. The van der Waals surface area contributed by atoms with E-state index in [2.05, 4.69) is 10.1 Å². The van der Waals surface area contributed by atoms with Crippen LogP contribution in [-0.4, -0.2) is 38.4 Å². The molecule has 0 amide bonds. The van der Waals surface area contributed by atoms with Crippen LogP contribution in [0.5, 0.6) is 11.5 Å². The van der Waals surface area contributed by atoms with Crippen molar-refractivity contribution in [2.45, 2.75) is 18.8 Å². The molecule has 1 aliphatic rings. The molecule has 5 heteroatoms. The molecule has 1 aliphatic heterocycles. The van der Waals surface area contributed by atoms with E-state index in [0.29, 0.717) is 11.7 Å². The number of hydrogen-bond acceptors (Lipinski definition) is 5. The van der Waals surface area contributed by atoms with Crippen LogP contribution in [0.25, 0.3) is 0 Å². The number of aromatic hydroxyl groups is 1. The molecule has 0 radical (unpaired) electrons. The molecule has 0 saturated carbocycles. The van der Waals surface area contributed by atoms with E-state index in [-0.39, 0.29) is 11.3 Å². The maximum absolute atomic E-state index is 11.6. The van der Waals surface area contributed by atoms with Crippen molar-refractivity contribution in [3.63, 3.8) is 0 Å². The summed E-state index contributed by atoms with van der Waals surface area (Å²) in [5.41, 5.74) is 1.15. The van der Waals surface area contributed by atoms with Crippen LogP contribution in [0.15, 0.2) is 12.1 Å². The molecule has 5 nitrogen and oxygen atoms in total. The zero-order valence-corrected chi connectivity index (χ0v) is 11.2. The monoisotopic (exact) mass is 265 g/mol.